The molecule has 0 aliphatic heterocycles. The van der Waals surface area contributed by atoms with Crippen LogP contribution >= 0.6 is 11.6 Å². The van der Waals surface area contributed by atoms with Crippen LogP contribution in [0.2, 0.25) is 0 Å². The third kappa shape index (κ3) is 6.90. The molecule has 0 fully saturated rings. The first-order chi connectivity index (χ1) is 17.9. The summed E-state index contributed by atoms with van der Waals surface area (Å²) in [6.45, 7) is 0.147. The molecular weight excluding hydrogens is 496 g/mol. The predicted molar refractivity (Wildman–Crippen MR) is 135 cm³/mol. The molecule has 4 aromatic rings. The van der Waals surface area contributed by atoms with E-state index in [1.807, 2.05) is 30.3 Å². The topological polar surface area (TPSA) is 96.0 Å². The van der Waals surface area contributed by atoms with Crippen molar-refractivity contribution < 1.29 is 33.4 Å². The van der Waals surface area contributed by atoms with Crippen LogP contribution in [0.5, 0.6) is 11.5 Å². The summed E-state index contributed by atoms with van der Waals surface area (Å²) < 4.78 is 15.9. The third-order valence-electron chi connectivity index (χ3n) is 5.16. The summed E-state index contributed by atoms with van der Waals surface area (Å²) in [5, 5.41) is -0.611. The Labute approximate surface area is 217 Å². The summed E-state index contributed by atoms with van der Waals surface area (Å²) in [7, 11) is 0. The standard InChI is InChI=1S/C29H19ClO7/c30-26(31)20-10-14-24(15-11-20)36-29(34)23-12-16-25(17-13-23)37-28(33)22-8-6-21(7-9-22)27(32)35-18-19-4-2-1-3-5-19/h1-17H,18H2. The van der Waals surface area contributed by atoms with Gasteiger partial charge < -0.3 is 14.2 Å². The van der Waals surface area contributed by atoms with Gasteiger partial charge >= 0.3 is 17.9 Å². The van der Waals surface area contributed by atoms with Gasteiger partial charge in [0.25, 0.3) is 5.24 Å². The smallest absolute Gasteiger partial charge is 0.343 e. The average molecular weight is 515 g/mol. The quantitative estimate of drug-likeness (QED) is 0.165. The Morgan fingerprint density at radius 3 is 1.38 bits per heavy atom. The minimum absolute atomic E-state index is 0.147. The van der Waals surface area contributed by atoms with Crippen LogP contribution in [-0.2, 0) is 11.3 Å². The highest BCUT2D eigenvalue weighted by molar-refractivity contribution is 6.67. The van der Waals surface area contributed by atoms with Crippen molar-refractivity contribution in [3.05, 3.63) is 131 Å². The first kappa shape index (κ1) is 25.3. The van der Waals surface area contributed by atoms with Crippen molar-refractivity contribution in [1.29, 1.82) is 0 Å². The van der Waals surface area contributed by atoms with Gasteiger partial charge in [0.15, 0.2) is 0 Å². The van der Waals surface area contributed by atoms with Gasteiger partial charge in [-0.3, -0.25) is 4.79 Å². The van der Waals surface area contributed by atoms with E-state index in [0.29, 0.717) is 5.56 Å². The molecule has 184 valence electrons. The molecule has 7 nitrogen and oxygen atoms in total. The molecular formula is C29H19ClO7. The highest BCUT2D eigenvalue weighted by Crippen LogP contribution is 2.19. The van der Waals surface area contributed by atoms with Crippen LogP contribution in [0.4, 0.5) is 0 Å². The van der Waals surface area contributed by atoms with E-state index in [2.05, 4.69) is 0 Å². The van der Waals surface area contributed by atoms with Gasteiger partial charge in [-0.1, -0.05) is 30.3 Å². The van der Waals surface area contributed by atoms with Crippen molar-refractivity contribution in [2.75, 3.05) is 0 Å². The second-order valence-electron chi connectivity index (χ2n) is 7.74. The van der Waals surface area contributed by atoms with Crippen LogP contribution in [0, 0.1) is 0 Å². The second-order valence-corrected chi connectivity index (χ2v) is 8.08. The fourth-order valence-electron chi connectivity index (χ4n) is 3.19. The van der Waals surface area contributed by atoms with Crippen molar-refractivity contribution >= 4 is 34.8 Å². The molecule has 0 heterocycles. The summed E-state index contributed by atoms with van der Waals surface area (Å²) in [4.78, 5) is 48.2. The van der Waals surface area contributed by atoms with Gasteiger partial charge in [0.05, 0.1) is 16.7 Å². The van der Waals surface area contributed by atoms with E-state index < -0.39 is 23.2 Å². The van der Waals surface area contributed by atoms with Crippen molar-refractivity contribution in [3.8, 4) is 11.5 Å². The van der Waals surface area contributed by atoms with Gasteiger partial charge in [-0.05, 0) is 90.0 Å². The van der Waals surface area contributed by atoms with E-state index in [-0.39, 0.29) is 34.8 Å². The predicted octanol–water partition coefficient (Wildman–Crippen LogP) is 5.86. The largest absolute Gasteiger partial charge is 0.457 e. The number of rotatable bonds is 8. The summed E-state index contributed by atoms with van der Waals surface area (Å²) in [5.41, 5.74) is 1.93. The lowest BCUT2D eigenvalue weighted by Crippen LogP contribution is -2.11. The monoisotopic (exact) mass is 514 g/mol. The van der Waals surface area contributed by atoms with E-state index in [9.17, 15) is 19.2 Å². The summed E-state index contributed by atoms with van der Waals surface area (Å²) in [6, 6.07) is 26.8. The van der Waals surface area contributed by atoms with E-state index >= 15 is 0 Å². The van der Waals surface area contributed by atoms with Crippen molar-refractivity contribution in [2.24, 2.45) is 0 Å². The number of benzene rings is 4. The average Bonchev–Trinajstić information content (AvgIpc) is 2.93. The zero-order valence-corrected chi connectivity index (χ0v) is 20.0. The Morgan fingerprint density at radius 1 is 0.514 bits per heavy atom. The number of hydrogen-bond donors (Lipinski definition) is 0. The fourth-order valence-corrected chi connectivity index (χ4v) is 3.32. The number of hydrogen-bond acceptors (Lipinski definition) is 7. The molecule has 0 radical (unpaired) electrons. The Kier molecular flexibility index (Phi) is 8.08. The number of ether oxygens (including phenoxy) is 3. The van der Waals surface area contributed by atoms with Crippen LogP contribution in [0.1, 0.15) is 47.0 Å². The lowest BCUT2D eigenvalue weighted by molar-refractivity contribution is 0.0471. The molecule has 0 saturated heterocycles. The van der Waals surface area contributed by atoms with E-state index in [0.717, 1.165) is 5.56 Å². The van der Waals surface area contributed by atoms with Gasteiger partial charge in [0.2, 0.25) is 0 Å². The van der Waals surface area contributed by atoms with Crippen LogP contribution in [0.3, 0.4) is 0 Å². The molecule has 0 amide bonds. The van der Waals surface area contributed by atoms with Gasteiger partial charge in [0, 0.05) is 5.56 Å². The van der Waals surface area contributed by atoms with Crippen LogP contribution in [0.15, 0.2) is 103 Å². The first-order valence-electron chi connectivity index (χ1n) is 11.0. The number of halogens is 1. The Morgan fingerprint density at radius 2 is 0.919 bits per heavy atom. The third-order valence-corrected chi connectivity index (χ3v) is 5.38. The van der Waals surface area contributed by atoms with E-state index in [4.69, 9.17) is 25.8 Å². The Balaban J connectivity index is 1.30. The lowest BCUT2D eigenvalue weighted by Gasteiger charge is -2.08. The van der Waals surface area contributed by atoms with Crippen molar-refractivity contribution in [2.45, 2.75) is 6.61 Å². The normalized spacial score (nSPS) is 10.3. The van der Waals surface area contributed by atoms with E-state index in [1.54, 1.807) is 0 Å². The minimum Gasteiger partial charge on any atom is -0.457 e. The molecule has 37 heavy (non-hydrogen) atoms. The second kappa shape index (κ2) is 11.8. The summed E-state index contributed by atoms with van der Waals surface area (Å²) in [6.07, 6.45) is 0. The van der Waals surface area contributed by atoms with Crippen LogP contribution < -0.4 is 9.47 Å². The molecule has 4 rings (SSSR count). The molecule has 0 unspecified atom stereocenters. The molecule has 0 saturated carbocycles. The zero-order chi connectivity index (χ0) is 26.2. The molecule has 0 atom stereocenters. The zero-order valence-electron chi connectivity index (χ0n) is 19.3. The highest BCUT2D eigenvalue weighted by Gasteiger charge is 2.14. The molecule has 0 aliphatic rings. The van der Waals surface area contributed by atoms with E-state index in [1.165, 1.54) is 72.8 Å². The molecule has 4 aromatic carbocycles. The number of carbonyl (C=O) groups excluding carboxylic acids is 4. The van der Waals surface area contributed by atoms with Gasteiger partial charge in [0.1, 0.15) is 18.1 Å². The number of esters is 3. The molecule has 0 spiro atoms. The molecule has 0 N–H and O–H groups in total. The summed E-state index contributed by atoms with van der Waals surface area (Å²) in [5.74, 6) is -1.30. The van der Waals surface area contributed by atoms with Crippen LogP contribution in [0.25, 0.3) is 0 Å². The lowest BCUT2D eigenvalue weighted by atomic mass is 10.1. The van der Waals surface area contributed by atoms with Gasteiger partial charge in [-0.15, -0.1) is 0 Å². The highest BCUT2D eigenvalue weighted by atomic mass is 35.5. The first-order valence-corrected chi connectivity index (χ1v) is 11.4. The van der Waals surface area contributed by atoms with Crippen LogP contribution in [-0.4, -0.2) is 23.2 Å². The minimum atomic E-state index is -0.631. The van der Waals surface area contributed by atoms with Gasteiger partial charge in [-0.25, -0.2) is 14.4 Å². The molecule has 0 bridgehead atoms. The number of carbonyl (C=O) groups is 4. The Hall–Kier alpha value is -4.75. The van der Waals surface area contributed by atoms with Gasteiger partial charge in [-0.2, -0.15) is 0 Å². The fraction of sp³-hybridized carbons (Fsp3) is 0.0345. The molecule has 8 heteroatoms. The maximum absolute atomic E-state index is 12.5. The SMILES string of the molecule is O=C(Cl)c1ccc(OC(=O)c2ccc(OC(=O)c3ccc(C(=O)OCc4ccccc4)cc3)cc2)cc1. The maximum atomic E-state index is 12.5. The molecule has 0 aliphatic carbocycles. The van der Waals surface area contributed by atoms with Crippen molar-refractivity contribution in [1.82, 2.24) is 0 Å². The Bertz CT molecular complexity index is 1410. The molecule has 0 aromatic heterocycles. The van der Waals surface area contributed by atoms with Crippen molar-refractivity contribution in [3.63, 3.8) is 0 Å². The summed E-state index contributed by atoms with van der Waals surface area (Å²) >= 11 is 5.40. The maximum Gasteiger partial charge on any atom is 0.343 e.